The molecule has 2 aliphatic carbocycles. The number of anilines is 3. The summed E-state index contributed by atoms with van der Waals surface area (Å²) in [5, 5.41) is 4.90. The largest absolute Gasteiger partial charge is 0.309 e. The number of hydrogen-bond donors (Lipinski definition) is 0. The number of aromatic nitrogens is 1. The molecule has 0 amide bonds. The molecule has 1 spiro atoms. The fourth-order valence-electron chi connectivity index (χ4n) is 15.8. The van der Waals surface area contributed by atoms with Crippen LogP contribution in [-0.4, -0.2) is 4.57 Å². The van der Waals surface area contributed by atoms with Gasteiger partial charge in [0.25, 0.3) is 0 Å². The minimum atomic E-state index is -0.586. The predicted molar refractivity (Wildman–Crippen MR) is 357 cm³/mol. The van der Waals surface area contributed by atoms with Crippen molar-refractivity contribution in [2.75, 3.05) is 4.90 Å². The highest BCUT2D eigenvalue weighted by atomic mass is 15.1. The fourth-order valence-corrected chi connectivity index (χ4v) is 15.8. The first-order valence-electron chi connectivity index (χ1n) is 30.0. The molecule has 0 radical (unpaired) electrons. The molecular formula is C84H54N2. The first-order chi connectivity index (χ1) is 42.7. The summed E-state index contributed by atoms with van der Waals surface area (Å²) in [6.07, 6.45) is 0. The van der Waals surface area contributed by atoms with E-state index < -0.39 is 10.8 Å². The van der Waals surface area contributed by atoms with E-state index in [-0.39, 0.29) is 0 Å². The lowest BCUT2D eigenvalue weighted by molar-refractivity contribution is 0.749. The van der Waals surface area contributed by atoms with E-state index in [1.807, 2.05) is 0 Å². The maximum Gasteiger partial charge on any atom is 0.0754 e. The molecule has 1 unspecified atom stereocenters. The van der Waals surface area contributed by atoms with E-state index in [0.717, 1.165) is 33.6 Å². The van der Waals surface area contributed by atoms with Crippen molar-refractivity contribution < 1.29 is 0 Å². The first kappa shape index (κ1) is 48.5. The van der Waals surface area contributed by atoms with Crippen LogP contribution in [-0.2, 0) is 10.8 Å². The summed E-state index contributed by atoms with van der Waals surface area (Å²) in [4.78, 5) is 2.55. The topological polar surface area (TPSA) is 8.17 Å². The maximum atomic E-state index is 2.55. The average Bonchev–Trinajstić information content (AvgIpc) is 1.51. The van der Waals surface area contributed by atoms with Gasteiger partial charge in [-0.25, -0.2) is 0 Å². The van der Waals surface area contributed by atoms with Gasteiger partial charge in [0, 0.05) is 27.4 Å². The van der Waals surface area contributed by atoms with E-state index in [4.69, 9.17) is 0 Å². The van der Waals surface area contributed by atoms with Crippen molar-refractivity contribution in [1.82, 2.24) is 4.57 Å². The van der Waals surface area contributed by atoms with Gasteiger partial charge in [-0.2, -0.15) is 0 Å². The Morgan fingerprint density at radius 3 is 1.50 bits per heavy atom. The lowest BCUT2D eigenvalue weighted by Gasteiger charge is -2.39. The minimum absolute atomic E-state index is 0.571. The van der Waals surface area contributed by atoms with Gasteiger partial charge in [-0.05, 0) is 148 Å². The van der Waals surface area contributed by atoms with Crippen LogP contribution < -0.4 is 4.90 Å². The lowest BCUT2D eigenvalue weighted by Crippen LogP contribution is -2.33. The fraction of sp³-hybridized carbons (Fsp3) is 0.0238. The summed E-state index contributed by atoms with van der Waals surface area (Å²) in [5.74, 6) is 0. The zero-order chi connectivity index (χ0) is 56.5. The number of nitrogens with zero attached hydrogens (tertiary/aromatic N) is 2. The van der Waals surface area contributed by atoms with Crippen LogP contribution in [0.5, 0.6) is 0 Å². The zero-order valence-electron chi connectivity index (χ0n) is 47.1. The molecule has 1 aliphatic heterocycles. The number of para-hydroxylation sites is 4. The number of benzene rings is 14. The first-order valence-corrected chi connectivity index (χ1v) is 30.0. The van der Waals surface area contributed by atoms with Crippen LogP contribution in [0.4, 0.5) is 17.1 Å². The molecule has 14 aromatic carbocycles. The highest BCUT2D eigenvalue weighted by molar-refractivity contribution is 6.13. The molecule has 0 fully saturated rings. The normalized spacial score (nSPS) is 14.7. The summed E-state index contributed by atoms with van der Waals surface area (Å²) < 4.78 is 2.53. The Bertz CT molecular complexity index is 5210. The molecule has 0 saturated carbocycles. The standard InChI is InChI=1S/C84H54N2/c1-4-24-55(25-5-1)56-26-22-27-57(52-56)63-32-14-19-43-78(63)85(61-47-49-68-65-34-12-16-39-72(65)83(77(68)54-61,59-28-6-2-7-29-59)60-30-8-3-9-31-60)80-51-50-62(64-33-10-11-36-69(64)80)58-46-48-67-66-35-13-17-40-73(66)84(76(67)53-58)74-41-18-21-45-81(74)86-79-44-20-15-37-70(79)71-38-23-42-75(84)82(71)86/h1-54H. The second-order valence-corrected chi connectivity index (χ2v) is 23.4. The Morgan fingerprint density at radius 1 is 0.244 bits per heavy atom. The Balaban J connectivity index is 0.878. The SMILES string of the molecule is c1ccc(-c2cccc(-c3ccccc3N(c3ccc4c(c3)C(c3ccccc3)(c3ccccc3)c3ccccc3-4)c3ccc(-c4ccc5c(c4)C4(c6ccccc6-5)c5ccccc5-n5c6ccccc6c6cccc4c65)c4ccccc34)c2)cc1. The third kappa shape index (κ3) is 6.67. The highest BCUT2D eigenvalue weighted by Gasteiger charge is 2.51. The van der Waals surface area contributed by atoms with E-state index in [1.54, 1.807) is 0 Å². The third-order valence-corrected chi connectivity index (χ3v) is 19.3. The van der Waals surface area contributed by atoms with Crippen LogP contribution in [0.2, 0.25) is 0 Å². The molecule has 18 rings (SSSR count). The molecule has 2 nitrogen and oxygen atoms in total. The Morgan fingerprint density at radius 2 is 0.744 bits per heavy atom. The second kappa shape index (κ2) is 18.7. The molecule has 2 heteroatoms. The lowest BCUT2D eigenvalue weighted by atomic mass is 9.65. The van der Waals surface area contributed by atoms with Gasteiger partial charge in [-0.3, -0.25) is 0 Å². The van der Waals surface area contributed by atoms with Gasteiger partial charge >= 0.3 is 0 Å². The van der Waals surface area contributed by atoms with E-state index in [0.29, 0.717) is 0 Å². The van der Waals surface area contributed by atoms with E-state index in [1.165, 1.54) is 122 Å². The molecule has 2 heterocycles. The van der Waals surface area contributed by atoms with Crippen molar-refractivity contribution in [3.8, 4) is 61.3 Å². The van der Waals surface area contributed by atoms with Crippen molar-refractivity contribution in [2.24, 2.45) is 0 Å². The average molecular weight is 1090 g/mol. The van der Waals surface area contributed by atoms with Crippen molar-refractivity contribution >= 4 is 49.6 Å². The van der Waals surface area contributed by atoms with Gasteiger partial charge in [-0.15, -0.1) is 0 Å². The maximum absolute atomic E-state index is 2.55. The molecule has 15 aromatic rings. The summed E-state index contributed by atoms with van der Waals surface area (Å²) in [7, 11) is 0. The molecule has 3 aliphatic rings. The van der Waals surface area contributed by atoms with Crippen LogP contribution in [0.1, 0.15) is 44.5 Å². The molecule has 1 atom stereocenters. The summed E-state index contributed by atoms with van der Waals surface area (Å²) in [6.45, 7) is 0. The van der Waals surface area contributed by atoms with Gasteiger partial charge in [0.2, 0.25) is 0 Å². The Labute approximate surface area is 500 Å². The summed E-state index contributed by atoms with van der Waals surface area (Å²) in [5.41, 5.74) is 28.3. The van der Waals surface area contributed by atoms with Crippen LogP contribution in [0.3, 0.4) is 0 Å². The van der Waals surface area contributed by atoms with Crippen molar-refractivity contribution in [3.63, 3.8) is 0 Å². The molecule has 400 valence electrons. The molecular weight excluding hydrogens is 1040 g/mol. The van der Waals surface area contributed by atoms with Gasteiger partial charge in [-0.1, -0.05) is 279 Å². The van der Waals surface area contributed by atoms with E-state index in [2.05, 4.69) is 337 Å². The number of rotatable bonds is 8. The van der Waals surface area contributed by atoms with Crippen molar-refractivity contribution in [2.45, 2.75) is 10.8 Å². The van der Waals surface area contributed by atoms with Crippen molar-refractivity contribution in [3.05, 3.63) is 372 Å². The Kier molecular flexibility index (Phi) is 10.6. The molecule has 1 aromatic heterocycles. The minimum Gasteiger partial charge on any atom is -0.309 e. The molecule has 86 heavy (non-hydrogen) atoms. The van der Waals surface area contributed by atoms with Gasteiger partial charge < -0.3 is 9.47 Å². The van der Waals surface area contributed by atoms with Crippen LogP contribution >= 0.6 is 0 Å². The smallest absolute Gasteiger partial charge is 0.0754 e. The molecule has 0 bridgehead atoms. The summed E-state index contributed by atoms with van der Waals surface area (Å²) >= 11 is 0. The van der Waals surface area contributed by atoms with Crippen LogP contribution in [0.15, 0.2) is 328 Å². The van der Waals surface area contributed by atoms with E-state index >= 15 is 0 Å². The monoisotopic (exact) mass is 1090 g/mol. The predicted octanol–water partition coefficient (Wildman–Crippen LogP) is 21.4. The summed E-state index contributed by atoms with van der Waals surface area (Å²) in [6, 6.07) is 123. The van der Waals surface area contributed by atoms with Crippen LogP contribution in [0, 0.1) is 0 Å². The number of hydrogen-bond acceptors (Lipinski definition) is 1. The van der Waals surface area contributed by atoms with Gasteiger partial charge in [0.15, 0.2) is 0 Å². The van der Waals surface area contributed by atoms with Gasteiger partial charge in [0.05, 0.1) is 38.9 Å². The van der Waals surface area contributed by atoms with Crippen LogP contribution in [0.25, 0.3) is 93.9 Å². The third-order valence-electron chi connectivity index (χ3n) is 19.3. The zero-order valence-corrected chi connectivity index (χ0v) is 47.1. The highest BCUT2D eigenvalue weighted by Crippen LogP contribution is 2.62. The Hall–Kier alpha value is -11.1. The molecule has 0 N–H and O–H groups in total. The van der Waals surface area contributed by atoms with Gasteiger partial charge in [0.1, 0.15) is 0 Å². The molecule has 0 saturated heterocycles. The second-order valence-electron chi connectivity index (χ2n) is 23.4. The quantitative estimate of drug-likeness (QED) is 0.147. The van der Waals surface area contributed by atoms with Crippen molar-refractivity contribution in [1.29, 1.82) is 0 Å². The number of fused-ring (bicyclic) bond motifs is 16. The van der Waals surface area contributed by atoms with E-state index in [9.17, 15) is 0 Å².